The van der Waals surface area contributed by atoms with Crippen LogP contribution in [0.25, 0.3) is 15.9 Å². The van der Waals surface area contributed by atoms with E-state index >= 15 is 0 Å². The molecular weight excluding hydrogens is 477 g/mol. The van der Waals surface area contributed by atoms with Crippen LogP contribution in [0.5, 0.6) is 0 Å². The number of aromatic nitrogens is 2. The van der Waals surface area contributed by atoms with E-state index in [1.807, 2.05) is 0 Å². The molecule has 0 radical (unpaired) electrons. The third-order valence-electron chi connectivity index (χ3n) is 5.42. The number of alkyl halides is 3. The average Bonchev–Trinajstić information content (AvgIpc) is 3.34. The zero-order valence-corrected chi connectivity index (χ0v) is 19.0. The highest BCUT2D eigenvalue weighted by Gasteiger charge is 2.30. The Morgan fingerprint density at radius 2 is 1.91 bits per heavy atom. The lowest BCUT2D eigenvalue weighted by Gasteiger charge is -2.13. The van der Waals surface area contributed by atoms with Gasteiger partial charge in [0.2, 0.25) is 0 Å². The first-order chi connectivity index (χ1) is 15.3. The summed E-state index contributed by atoms with van der Waals surface area (Å²) in [6, 6.07) is 12.1. The summed E-state index contributed by atoms with van der Waals surface area (Å²) < 4.78 is 40.8. The van der Waals surface area contributed by atoms with Gasteiger partial charge in [-0.15, -0.1) is 11.3 Å². The molecule has 2 heterocycles. The van der Waals surface area contributed by atoms with Gasteiger partial charge < -0.3 is 0 Å². The topological polar surface area (TPSA) is 34.9 Å². The molecule has 0 saturated heterocycles. The van der Waals surface area contributed by atoms with E-state index < -0.39 is 11.7 Å². The quantitative estimate of drug-likeness (QED) is 0.229. The van der Waals surface area contributed by atoms with Gasteiger partial charge in [-0.2, -0.15) is 13.2 Å². The third-order valence-corrected chi connectivity index (χ3v) is 7.86. The molecule has 0 saturated carbocycles. The van der Waals surface area contributed by atoms with Crippen molar-refractivity contribution in [1.82, 2.24) is 9.55 Å². The van der Waals surface area contributed by atoms with Gasteiger partial charge >= 0.3 is 6.18 Å². The Morgan fingerprint density at radius 3 is 2.66 bits per heavy atom. The van der Waals surface area contributed by atoms with Gasteiger partial charge in [0.15, 0.2) is 5.16 Å². The van der Waals surface area contributed by atoms with Crippen LogP contribution < -0.4 is 5.56 Å². The summed E-state index contributed by atoms with van der Waals surface area (Å²) in [4.78, 5) is 20.3. The highest BCUT2D eigenvalue weighted by atomic mass is 35.5. The molecule has 0 bridgehead atoms. The van der Waals surface area contributed by atoms with Crippen molar-refractivity contribution >= 4 is 44.9 Å². The first kappa shape index (κ1) is 21.6. The standard InChI is InChI=1S/C23H16ClF3N2OS2/c24-15-7-9-16(10-8-15)29-21(30)19-17-5-2-6-18(17)32-20(19)28-22(29)31-12-13-3-1-4-14(11-13)23(25,26)27/h1,3-4,7-11H,2,5-6,12H2. The molecule has 3 nitrogen and oxygen atoms in total. The third kappa shape index (κ3) is 3.95. The number of hydrogen-bond acceptors (Lipinski definition) is 4. The second-order valence-corrected chi connectivity index (χ2v) is 10.00. The molecule has 9 heteroatoms. The fourth-order valence-electron chi connectivity index (χ4n) is 3.92. The molecule has 0 amide bonds. The Labute approximate surface area is 194 Å². The van der Waals surface area contributed by atoms with Gasteiger partial charge in [0.25, 0.3) is 5.56 Å². The van der Waals surface area contributed by atoms with Crippen LogP contribution in [0.1, 0.15) is 28.0 Å². The maximum Gasteiger partial charge on any atom is 0.416 e. The summed E-state index contributed by atoms with van der Waals surface area (Å²) in [5, 5.41) is 1.65. The largest absolute Gasteiger partial charge is 0.416 e. The minimum absolute atomic E-state index is 0.150. The van der Waals surface area contributed by atoms with Crippen molar-refractivity contribution in [2.45, 2.75) is 36.3 Å². The summed E-state index contributed by atoms with van der Waals surface area (Å²) in [5.41, 5.74) is 1.38. The van der Waals surface area contributed by atoms with Gasteiger partial charge in [0.1, 0.15) is 4.83 Å². The smallest absolute Gasteiger partial charge is 0.268 e. The summed E-state index contributed by atoms with van der Waals surface area (Å²) in [7, 11) is 0. The summed E-state index contributed by atoms with van der Waals surface area (Å²) in [6.45, 7) is 0. The van der Waals surface area contributed by atoms with Gasteiger partial charge in [0, 0.05) is 15.7 Å². The van der Waals surface area contributed by atoms with Crippen LogP contribution >= 0.6 is 34.7 Å². The summed E-state index contributed by atoms with van der Waals surface area (Å²) in [5.74, 6) is 0.251. The van der Waals surface area contributed by atoms with E-state index in [1.54, 1.807) is 46.2 Å². The summed E-state index contributed by atoms with van der Waals surface area (Å²) in [6.07, 6.45) is -1.56. The molecule has 0 atom stereocenters. The second kappa shape index (κ2) is 8.24. The molecule has 2 aromatic heterocycles. The van der Waals surface area contributed by atoms with Crippen LogP contribution in [0, 0.1) is 0 Å². The number of aryl methyl sites for hydroxylation is 2. The van der Waals surface area contributed by atoms with E-state index in [4.69, 9.17) is 16.6 Å². The number of benzene rings is 2. The van der Waals surface area contributed by atoms with Crippen LogP contribution in [-0.2, 0) is 24.8 Å². The van der Waals surface area contributed by atoms with E-state index in [9.17, 15) is 18.0 Å². The number of halogens is 4. The molecule has 2 aromatic carbocycles. The molecule has 32 heavy (non-hydrogen) atoms. The monoisotopic (exact) mass is 492 g/mol. The van der Waals surface area contributed by atoms with Gasteiger partial charge in [0.05, 0.1) is 16.6 Å². The number of rotatable bonds is 4. The van der Waals surface area contributed by atoms with Gasteiger partial charge in [-0.25, -0.2) is 4.98 Å². The molecule has 0 unspecified atom stereocenters. The molecular formula is C23H16ClF3N2OS2. The van der Waals surface area contributed by atoms with Crippen molar-refractivity contribution in [3.8, 4) is 5.69 Å². The fraction of sp³-hybridized carbons (Fsp3) is 0.217. The lowest BCUT2D eigenvalue weighted by atomic mass is 10.1. The number of nitrogens with zero attached hydrogens (tertiary/aromatic N) is 2. The minimum atomic E-state index is -4.40. The molecule has 1 aliphatic rings. The van der Waals surface area contributed by atoms with Crippen molar-refractivity contribution in [2.75, 3.05) is 0 Å². The van der Waals surface area contributed by atoms with Crippen LogP contribution in [0.15, 0.2) is 58.5 Å². The SMILES string of the molecule is O=c1c2c3c(sc2nc(SCc2cccc(C(F)(F)F)c2)n1-c1ccc(Cl)cc1)CCC3. The first-order valence-corrected chi connectivity index (χ1v) is 12.1. The Kier molecular flexibility index (Phi) is 5.55. The molecule has 0 N–H and O–H groups in total. The van der Waals surface area contributed by atoms with E-state index in [-0.39, 0.29) is 11.3 Å². The molecule has 5 rings (SSSR count). The normalized spacial score (nSPS) is 13.6. The van der Waals surface area contributed by atoms with Crippen molar-refractivity contribution in [1.29, 1.82) is 0 Å². The lowest BCUT2D eigenvalue weighted by Crippen LogP contribution is -2.21. The van der Waals surface area contributed by atoms with E-state index in [0.29, 0.717) is 31.6 Å². The summed E-state index contributed by atoms with van der Waals surface area (Å²) >= 11 is 8.81. The van der Waals surface area contributed by atoms with Crippen molar-refractivity contribution in [3.63, 3.8) is 0 Å². The van der Waals surface area contributed by atoms with Crippen LogP contribution in [0.4, 0.5) is 13.2 Å². The number of hydrogen-bond donors (Lipinski definition) is 0. The number of thioether (sulfide) groups is 1. The Hall–Kier alpha value is -2.29. The lowest BCUT2D eigenvalue weighted by molar-refractivity contribution is -0.137. The first-order valence-electron chi connectivity index (χ1n) is 9.93. The Balaban J connectivity index is 1.60. The fourth-order valence-corrected chi connectivity index (χ4v) is 6.31. The van der Waals surface area contributed by atoms with E-state index in [1.165, 1.54) is 22.7 Å². The van der Waals surface area contributed by atoms with Crippen molar-refractivity contribution < 1.29 is 13.2 Å². The number of thiophene rings is 1. The average molecular weight is 493 g/mol. The zero-order chi connectivity index (χ0) is 22.5. The maximum atomic E-state index is 13.6. The predicted octanol–water partition coefficient (Wildman–Crippen LogP) is 6.90. The van der Waals surface area contributed by atoms with Gasteiger partial charge in [-0.1, -0.05) is 41.6 Å². The number of fused-ring (bicyclic) bond motifs is 3. The van der Waals surface area contributed by atoms with Gasteiger partial charge in [-0.05, 0) is 60.7 Å². The molecule has 4 aromatic rings. The zero-order valence-electron chi connectivity index (χ0n) is 16.6. The predicted molar refractivity (Wildman–Crippen MR) is 123 cm³/mol. The Bertz CT molecular complexity index is 1380. The maximum absolute atomic E-state index is 13.6. The molecule has 164 valence electrons. The highest BCUT2D eigenvalue weighted by Crippen LogP contribution is 2.37. The van der Waals surface area contributed by atoms with Gasteiger partial charge in [-0.3, -0.25) is 9.36 Å². The molecule has 1 aliphatic carbocycles. The minimum Gasteiger partial charge on any atom is -0.268 e. The van der Waals surface area contributed by atoms with Crippen molar-refractivity contribution in [3.05, 3.63) is 85.5 Å². The second-order valence-electron chi connectivity index (χ2n) is 7.54. The van der Waals surface area contributed by atoms with E-state index in [2.05, 4.69) is 0 Å². The Morgan fingerprint density at radius 1 is 1.12 bits per heavy atom. The van der Waals surface area contributed by atoms with Crippen molar-refractivity contribution in [2.24, 2.45) is 0 Å². The molecule has 0 fully saturated rings. The van der Waals surface area contributed by atoms with Crippen LogP contribution in [0.3, 0.4) is 0 Å². The van der Waals surface area contributed by atoms with E-state index in [0.717, 1.165) is 37.0 Å². The molecule has 0 aliphatic heterocycles. The highest BCUT2D eigenvalue weighted by molar-refractivity contribution is 7.98. The van der Waals surface area contributed by atoms with Crippen LogP contribution in [-0.4, -0.2) is 9.55 Å². The van der Waals surface area contributed by atoms with Crippen LogP contribution in [0.2, 0.25) is 5.02 Å². The molecule has 0 spiro atoms.